The number of isocyanates is 2. The number of hydrogen-bond acceptors (Lipinski definition) is 4. The monoisotopic (exact) mass is 186 g/mol. The average Bonchev–Trinajstić information content (AvgIpc) is 2.19. The van der Waals surface area contributed by atoms with Crippen LogP contribution in [0, 0.1) is 0 Å². The first-order chi connectivity index (χ1) is 6.81. The summed E-state index contributed by atoms with van der Waals surface area (Å²) in [5.74, 6) is 0. The van der Waals surface area contributed by atoms with E-state index in [0.29, 0.717) is 16.9 Å². The van der Waals surface area contributed by atoms with Crippen LogP contribution < -0.4 is 0 Å². The van der Waals surface area contributed by atoms with E-state index in [1.807, 2.05) is 0 Å². The van der Waals surface area contributed by atoms with Crippen molar-refractivity contribution in [2.24, 2.45) is 9.98 Å². The van der Waals surface area contributed by atoms with E-state index < -0.39 is 0 Å². The molecule has 0 unspecified atom stereocenters. The highest BCUT2D eigenvalue weighted by molar-refractivity contribution is 5.70. The Morgan fingerprint density at radius 3 is 2.50 bits per heavy atom. The molecule has 68 valence electrons. The smallest absolute Gasteiger partial charge is 0.211 e. The van der Waals surface area contributed by atoms with Gasteiger partial charge in [-0.2, -0.15) is 9.98 Å². The fourth-order valence-corrected chi connectivity index (χ4v) is 0.973. The van der Waals surface area contributed by atoms with Gasteiger partial charge in [-0.3, -0.25) is 0 Å². The summed E-state index contributed by atoms with van der Waals surface area (Å²) in [5, 5.41) is 0. The predicted molar refractivity (Wildman–Crippen MR) is 52.1 cm³/mol. The third-order valence-electron chi connectivity index (χ3n) is 1.57. The fourth-order valence-electron chi connectivity index (χ4n) is 0.973. The molecule has 0 saturated heterocycles. The van der Waals surface area contributed by atoms with Crippen LogP contribution in [0.15, 0.2) is 34.8 Å². The van der Waals surface area contributed by atoms with Crippen molar-refractivity contribution in [2.75, 3.05) is 0 Å². The quantitative estimate of drug-likeness (QED) is 0.537. The third-order valence-corrected chi connectivity index (χ3v) is 1.57. The Bertz CT molecular complexity index is 453. The molecule has 0 aliphatic carbocycles. The summed E-state index contributed by atoms with van der Waals surface area (Å²) in [6.45, 7) is 3.55. The minimum absolute atomic E-state index is 0.381. The molecule has 4 heteroatoms. The number of hydrogen-bond donors (Lipinski definition) is 0. The van der Waals surface area contributed by atoms with Crippen LogP contribution in [0.4, 0.5) is 11.4 Å². The van der Waals surface area contributed by atoms with Crippen LogP contribution >= 0.6 is 0 Å². The SMILES string of the molecule is C=Cc1ccc(N=C=O)cc1N=C=O. The molecule has 0 spiro atoms. The first-order valence-corrected chi connectivity index (χ1v) is 3.74. The zero-order valence-corrected chi connectivity index (χ0v) is 7.23. The number of aliphatic imine (C=N–C) groups is 2. The van der Waals surface area contributed by atoms with Crippen LogP contribution in [0.1, 0.15) is 5.56 Å². The minimum atomic E-state index is 0.381. The van der Waals surface area contributed by atoms with Gasteiger partial charge in [0.2, 0.25) is 12.2 Å². The molecule has 0 aliphatic rings. The van der Waals surface area contributed by atoms with Crippen molar-refractivity contribution in [3.63, 3.8) is 0 Å². The van der Waals surface area contributed by atoms with Gasteiger partial charge in [0.1, 0.15) is 0 Å². The molecule has 14 heavy (non-hydrogen) atoms. The van der Waals surface area contributed by atoms with E-state index >= 15 is 0 Å². The van der Waals surface area contributed by atoms with E-state index in [2.05, 4.69) is 16.6 Å². The molecule has 0 bridgehead atoms. The van der Waals surface area contributed by atoms with Crippen molar-refractivity contribution in [1.29, 1.82) is 0 Å². The van der Waals surface area contributed by atoms with Gasteiger partial charge in [0.25, 0.3) is 0 Å². The van der Waals surface area contributed by atoms with Gasteiger partial charge in [-0.15, -0.1) is 0 Å². The normalized spacial score (nSPS) is 8.29. The Balaban J connectivity index is 3.33. The zero-order chi connectivity index (χ0) is 10.4. The summed E-state index contributed by atoms with van der Waals surface area (Å²) in [6.07, 6.45) is 4.36. The van der Waals surface area contributed by atoms with E-state index in [1.165, 1.54) is 18.2 Å². The van der Waals surface area contributed by atoms with Crippen molar-refractivity contribution in [3.8, 4) is 0 Å². The van der Waals surface area contributed by atoms with Gasteiger partial charge in [0, 0.05) is 5.56 Å². The lowest BCUT2D eigenvalue weighted by atomic mass is 10.1. The topological polar surface area (TPSA) is 58.9 Å². The fraction of sp³-hybridized carbons (Fsp3) is 0. The Kier molecular flexibility index (Phi) is 3.27. The molecule has 0 atom stereocenters. The molecule has 0 radical (unpaired) electrons. The number of carbonyl (C=O) groups excluding carboxylic acids is 2. The standard InChI is InChI=1S/C10H6N2O2/c1-2-8-3-4-9(11-6-13)5-10(8)12-7-14/h2-5H,1H2. The Morgan fingerprint density at radius 2 is 1.93 bits per heavy atom. The molecule has 0 aromatic heterocycles. The van der Waals surface area contributed by atoms with Gasteiger partial charge in [0.05, 0.1) is 11.4 Å². The molecule has 1 aromatic carbocycles. The summed E-state index contributed by atoms with van der Waals surface area (Å²) in [7, 11) is 0. The minimum Gasteiger partial charge on any atom is -0.211 e. The van der Waals surface area contributed by atoms with E-state index in [-0.39, 0.29) is 0 Å². The second-order valence-corrected chi connectivity index (χ2v) is 2.35. The third kappa shape index (κ3) is 2.11. The van der Waals surface area contributed by atoms with Gasteiger partial charge in [-0.05, 0) is 12.1 Å². The van der Waals surface area contributed by atoms with Gasteiger partial charge in [-0.25, -0.2) is 9.59 Å². The van der Waals surface area contributed by atoms with Gasteiger partial charge < -0.3 is 0 Å². The lowest BCUT2D eigenvalue weighted by Crippen LogP contribution is -1.73. The second kappa shape index (κ2) is 4.67. The van der Waals surface area contributed by atoms with Crippen LogP contribution in [0.3, 0.4) is 0 Å². The van der Waals surface area contributed by atoms with E-state index in [1.54, 1.807) is 18.2 Å². The van der Waals surface area contributed by atoms with Crippen molar-refractivity contribution >= 4 is 29.6 Å². The van der Waals surface area contributed by atoms with Crippen molar-refractivity contribution in [1.82, 2.24) is 0 Å². The molecule has 0 amide bonds. The maximum atomic E-state index is 10.1. The van der Waals surface area contributed by atoms with E-state index in [9.17, 15) is 9.59 Å². The summed E-state index contributed by atoms with van der Waals surface area (Å²) < 4.78 is 0. The number of nitrogens with zero attached hydrogens (tertiary/aromatic N) is 2. The molecule has 0 N–H and O–H groups in total. The lowest BCUT2D eigenvalue weighted by Gasteiger charge is -1.98. The maximum absolute atomic E-state index is 10.1. The lowest BCUT2D eigenvalue weighted by molar-refractivity contribution is 0.565. The van der Waals surface area contributed by atoms with Crippen molar-refractivity contribution < 1.29 is 9.59 Å². The first kappa shape index (κ1) is 9.81. The van der Waals surface area contributed by atoms with Crippen LogP contribution in [0.2, 0.25) is 0 Å². The number of rotatable bonds is 3. The zero-order valence-electron chi connectivity index (χ0n) is 7.23. The van der Waals surface area contributed by atoms with Crippen LogP contribution in [0.5, 0.6) is 0 Å². The summed E-state index contributed by atoms with van der Waals surface area (Å²) in [6, 6.07) is 4.73. The largest absolute Gasteiger partial charge is 0.240 e. The molecule has 0 saturated carbocycles. The molecule has 0 aliphatic heterocycles. The van der Waals surface area contributed by atoms with Crippen LogP contribution in [-0.4, -0.2) is 12.2 Å². The highest BCUT2D eigenvalue weighted by Crippen LogP contribution is 2.25. The highest BCUT2D eigenvalue weighted by atomic mass is 16.1. The average molecular weight is 186 g/mol. The molecular formula is C10H6N2O2. The summed E-state index contributed by atoms with van der Waals surface area (Å²) in [5.41, 5.74) is 1.45. The van der Waals surface area contributed by atoms with Crippen molar-refractivity contribution in [3.05, 3.63) is 30.3 Å². The highest BCUT2D eigenvalue weighted by Gasteiger charge is 1.99. The maximum Gasteiger partial charge on any atom is 0.240 e. The summed E-state index contributed by atoms with van der Waals surface area (Å²) in [4.78, 5) is 26.9. The predicted octanol–water partition coefficient (Wildman–Crippen LogP) is 2.26. The molecular weight excluding hydrogens is 180 g/mol. The first-order valence-electron chi connectivity index (χ1n) is 3.74. The van der Waals surface area contributed by atoms with Crippen LogP contribution in [0.25, 0.3) is 6.08 Å². The molecule has 0 fully saturated rings. The van der Waals surface area contributed by atoms with E-state index in [0.717, 1.165) is 0 Å². The van der Waals surface area contributed by atoms with Gasteiger partial charge in [-0.1, -0.05) is 18.7 Å². The van der Waals surface area contributed by atoms with Crippen LogP contribution in [-0.2, 0) is 9.59 Å². The Labute approximate surface area is 80.3 Å². The Morgan fingerprint density at radius 1 is 1.21 bits per heavy atom. The molecule has 1 rings (SSSR count). The molecule has 0 heterocycles. The van der Waals surface area contributed by atoms with Crippen molar-refractivity contribution in [2.45, 2.75) is 0 Å². The van der Waals surface area contributed by atoms with Gasteiger partial charge in [0.15, 0.2) is 0 Å². The number of benzene rings is 1. The molecule has 4 nitrogen and oxygen atoms in total. The van der Waals surface area contributed by atoms with E-state index in [4.69, 9.17) is 0 Å². The Hall–Kier alpha value is -2.28. The molecule has 1 aromatic rings. The van der Waals surface area contributed by atoms with Gasteiger partial charge >= 0.3 is 0 Å². The second-order valence-electron chi connectivity index (χ2n) is 2.35. The summed E-state index contributed by atoms with van der Waals surface area (Å²) >= 11 is 0.